The van der Waals surface area contributed by atoms with Crippen LogP contribution < -0.4 is 11.1 Å². The number of nitrogens with one attached hydrogen (secondary N) is 1. The van der Waals surface area contributed by atoms with Crippen molar-refractivity contribution in [3.63, 3.8) is 0 Å². The minimum absolute atomic E-state index is 0.222. The van der Waals surface area contributed by atoms with Crippen LogP contribution in [-0.4, -0.2) is 10.9 Å². The fourth-order valence-corrected chi connectivity index (χ4v) is 3.05. The summed E-state index contributed by atoms with van der Waals surface area (Å²) in [4.78, 5) is 16.6. The second-order valence-electron chi connectivity index (χ2n) is 5.70. The minimum atomic E-state index is -0.222. The molecule has 0 fully saturated rings. The van der Waals surface area contributed by atoms with Gasteiger partial charge in [-0.2, -0.15) is 0 Å². The molecule has 1 heterocycles. The van der Waals surface area contributed by atoms with E-state index in [1.165, 1.54) is 11.1 Å². The predicted molar refractivity (Wildman–Crippen MR) is 104 cm³/mol. The Bertz CT molecular complexity index is 861. The van der Waals surface area contributed by atoms with Gasteiger partial charge in [0, 0.05) is 11.9 Å². The Morgan fingerprint density at radius 2 is 1.84 bits per heavy atom. The molecule has 3 aromatic rings. The lowest BCUT2D eigenvalue weighted by molar-refractivity contribution is 0.102. The number of aryl methyl sites for hydroxylation is 1. The SMILES string of the molecule is Cc1ccc(CSc2ccc(C(=O)Nc3ccccc3N)cn2)cc1. The highest BCUT2D eigenvalue weighted by molar-refractivity contribution is 7.98. The second-order valence-corrected chi connectivity index (χ2v) is 6.70. The fourth-order valence-electron chi connectivity index (χ4n) is 2.25. The van der Waals surface area contributed by atoms with E-state index in [9.17, 15) is 4.79 Å². The molecular formula is C20H19N3OS. The number of para-hydroxylation sites is 2. The largest absolute Gasteiger partial charge is 0.397 e. The topological polar surface area (TPSA) is 68.0 Å². The first-order chi connectivity index (χ1) is 12.1. The molecule has 0 spiro atoms. The van der Waals surface area contributed by atoms with Crippen molar-refractivity contribution in [2.45, 2.75) is 17.7 Å². The molecule has 0 radical (unpaired) electrons. The Kier molecular flexibility index (Phi) is 5.36. The monoisotopic (exact) mass is 349 g/mol. The maximum atomic E-state index is 12.3. The first-order valence-electron chi connectivity index (χ1n) is 7.92. The molecule has 4 nitrogen and oxygen atoms in total. The van der Waals surface area contributed by atoms with E-state index in [1.807, 2.05) is 18.2 Å². The summed E-state index contributed by atoms with van der Waals surface area (Å²) in [5.41, 5.74) is 9.98. The Balaban J connectivity index is 1.60. The van der Waals surface area contributed by atoms with Crippen LogP contribution in [0, 0.1) is 6.92 Å². The number of hydrogen-bond donors (Lipinski definition) is 2. The van der Waals surface area contributed by atoms with Crippen molar-refractivity contribution >= 4 is 29.0 Å². The maximum Gasteiger partial charge on any atom is 0.257 e. The van der Waals surface area contributed by atoms with Gasteiger partial charge in [-0.1, -0.05) is 42.0 Å². The van der Waals surface area contributed by atoms with Gasteiger partial charge in [0.2, 0.25) is 0 Å². The molecule has 3 N–H and O–H groups in total. The zero-order valence-electron chi connectivity index (χ0n) is 13.9. The standard InChI is InChI=1S/C20H19N3OS/c1-14-6-8-15(9-7-14)13-25-19-11-10-16(12-22-19)20(24)23-18-5-3-2-4-17(18)21/h2-12H,13,21H2,1H3,(H,23,24). The van der Waals surface area contributed by atoms with E-state index in [2.05, 4.69) is 41.5 Å². The summed E-state index contributed by atoms with van der Waals surface area (Å²) in [5, 5.41) is 3.68. The number of carbonyl (C=O) groups is 1. The van der Waals surface area contributed by atoms with E-state index < -0.39 is 0 Å². The Morgan fingerprint density at radius 3 is 2.52 bits per heavy atom. The van der Waals surface area contributed by atoms with Crippen molar-refractivity contribution in [3.8, 4) is 0 Å². The van der Waals surface area contributed by atoms with Gasteiger partial charge in [0.25, 0.3) is 5.91 Å². The lowest BCUT2D eigenvalue weighted by atomic mass is 10.2. The predicted octanol–water partition coefficient (Wildman–Crippen LogP) is 4.52. The van der Waals surface area contributed by atoms with Gasteiger partial charge in [0.1, 0.15) is 0 Å². The summed E-state index contributed by atoms with van der Waals surface area (Å²) in [5.74, 6) is 0.625. The highest BCUT2D eigenvalue weighted by Crippen LogP contribution is 2.22. The Labute approximate surface area is 151 Å². The Hall–Kier alpha value is -2.79. The normalized spacial score (nSPS) is 10.4. The van der Waals surface area contributed by atoms with Gasteiger partial charge in [0.05, 0.1) is 22.0 Å². The van der Waals surface area contributed by atoms with Gasteiger partial charge in [-0.05, 0) is 36.8 Å². The molecule has 3 rings (SSSR count). The van der Waals surface area contributed by atoms with E-state index >= 15 is 0 Å². The molecule has 0 saturated carbocycles. The summed E-state index contributed by atoms with van der Waals surface area (Å²) in [6.45, 7) is 2.07. The van der Waals surface area contributed by atoms with Crippen molar-refractivity contribution in [3.05, 3.63) is 83.6 Å². The molecule has 0 aliphatic rings. The van der Waals surface area contributed by atoms with E-state index in [4.69, 9.17) is 5.73 Å². The summed E-state index contributed by atoms with van der Waals surface area (Å²) < 4.78 is 0. The van der Waals surface area contributed by atoms with Crippen LogP contribution in [0.1, 0.15) is 21.5 Å². The molecule has 5 heteroatoms. The van der Waals surface area contributed by atoms with E-state index in [0.29, 0.717) is 16.9 Å². The fraction of sp³-hybridized carbons (Fsp3) is 0.100. The van der Waals surface area contributed by atoms with Crippen LogP contribution in [0.15, 0.2) is 71.9 Å². The molecule has 1 aromatic heterocycles. The van der Waals surface area contributed by atoms with Crippen molar-refractivity contribution < 1.29 is 4.79 Å². The highest BCUT2D eigenvalue weighted by atomic mass is 32.2. The number of hydrogen-bond acceptors (Lipinski definition) is 4. The smallest absolute Gasteiger partial charge is 0.257 e. The van der Waals surface area contributed by atoms with Crippen LogP contribution in [-0.2, 0) is 5.75 Å². The zero-order valence-corrected chi connectivity index (χ0v) is 14.7. The molecule has 126 valence electrons. The number of aromatic nitrogens is 1. The molecule has 1 amide bonds. The number of pyridine rings is 1. The number of carbonyl (C=O) groups excluding carboxylic acids is 1. The van der Waals surface area contributed by atoms with Crippen LogP contribution in [0.4, 0.5) is 11.4 Å². The number of amides is 1. The highest BCUT2D eigenvalue weighted by Gasteiger charge is 2.08. The summed E-state index contributed by atoms with van der Waals surface area (Å²) in [7, 11) is 0. The number of nitrogens with two attached hydrogens (primary N) is 1. The van der Waals surface area contributed by atoms with E-state index in [0.717, 1.165) is 10.8 Å². The second kappa shape index (κ2) is 7.85. The molecule has 0 aliphatic heterocycles. The molecular weight excluding hydrogens is 330 g/mol. The molecule has 0 bridgehead atoms. The van der Waals surface area contributed by atoms with Crippen molar-refractivity contribution in [2.24, 2.45) is 0 Å². The van der Waals surface area contributed by atoms with Gasteiger partial charge in [-0.25, -0.2) is 4.98 Å². The van der Waals surface area contributed by atoms with Crippen LogP contribution in [0.2, 0.25) is 0 Å². The van der Waals surface area contributed by atoms with Gasteiger partial charge in [-0.3, -0.25) is 4.79 Å². The molecule has 0 aliphatic carbocycles. The maximum absolute atomic E-state index is 12.3. The van der Waals surface area contributed by atoms with E-state index in [-0.39, 0.29) is 5.91 Å². The summed E-state index contributed by atoms with van der Waals surface area (Å²) >= 11 is 1.64. The van der Waals surface area contributed by atoms with E-state index in [1.54, 1.807) is 36.2 Å². The number of anilines is 2. The third kappa shape index (κ3) is 4.61. The lowest BCUT2D eigenvalue weighted by Gasteiger charge is -2.08. The lowest BCUT2D eigenvalue weighted by Crippen LogP contribution is -2.13. The van der Waals surface area contributed by atoms with Crippen molar-refractivity contribution in [2.75, 3.05) is 11.1 Å². The Morgan fingerprint density at radius 1 is 1.08 bits per heavy atom. The summed E-state index contributed by atoms with van der Waals surface area (Å²) in [6.07, 6.45) is 1.59. The number of benzene rings is 2. The van der Waals surface area contributed by atoms with Crippen molar-refractivity contribution in [1.29, 1.82) is 0 Å². The van der Waals surface area contributed by atoms with Gasteiger partial charge in [-0.15, -0.1) is 11.8 Å². The molecule has 0 unspecified atom stereocenters. The molecule has 0 atom stereocenters. The average molecular weight is 349 g/mol. The number of rotatable bonds is 5. The molecule has 25 heavy (non-hydrogen) atoms. The van der Waals surface area contributed by atoms with Crippen LogP contribution in [0.3, 0.4) is 0 Å². The van der Waals surface area contributed by atoms with Gasteiger partial charge in [0.15, 0.2) is 0 Å². The van der Waals surface area contributed by atoms with Gasteiger partial charge >= 0.3 is 0 Å². The number of thioether (sulfide) groups is 1. The first-order valence-corrected chi connectivity index (χ1v) is 8.90. The van der Waals surface area contributed by atoms with Crippen LogP contribution >= 0.6 is 11.8 Å². The van der Waals surface area contributed by atoms with Crippen LogP contribution in [0.25, 0.3) is 0 Å². The number of nitrogen functional groups attached to an aromatic ring is 1. The number of nitrogens with zero attached hydrogens (tertiary/aromatic N) is 1. The average Bonchev–Trinajstić information content (AvgIpc) is 2.63. The zero-order chi connectivity index (χ0) is 17.6. The summed E-state index contributed by atoms with van der Waals surface area (Å²) in [6, 6.07) is 19.3. The van der Waals surface area contributed by atoms with Crippen LogP contribution in [0.5, 0.6) is 0 Å². The third-order valence-corrected chi connectivity index (χ3v) is 4.73. The van der Waals surface area contributed by atoms with Crippen molar-refractivity contribution in [1.82, 2.24) is 4.98 Å². The minimum Gasteiger partial charge on any atom is -0.397 e. The van der Waals surface area contributed by atoms with Gasteiger partial charge < -0.3 is 11.1 Å². The molecule has 2 aromatic carbocycles. The molecule has 0 saturated heterocycles. The first kappa shape index (κ1) is 17.0. The quantitative estimate of drug-likeness (QED) is 0.525. The third-order valence-electron chi connectivity index (χ3n) is 3.71.